The zero-order chi connectivity index (χ0) is 20.7. The van der Waals surface area contributed by atoms with E-state index in [9.17, 15) is 22.8 Å². The van der Waals surface area contributed by atoms with Crippen molar-refractivity contribution >= 4 is 22.7 Å². The second-order valence-corrected chi connectivity index (χ2v) is 7.90. The number of aromatic nitrogens is 1. The van der Waals surface area contributed by atoms with Crippen molar-refractivity contribution in [1.82, 2.24) is 14.8 Å². The Morgan fingerprint density at radius 1 is 0.964 bits per heavy atom. The minimum absolute atomic E-state index is 0.0389. The Labute approximate surface area is 161 Å². The summed E-state index contributed by atoms with van der Waals surface area (Å²) in [5.41, 5.74) is -1.78. The Kier molecular flexibility index (Phi) is 5.08. The number of amides is 2. The normalized spacial score (nSPS) is 15.8. The van der Waals surface area contributed by atoms with Gasteiger partial charge in [0.2, 0.25) is 5.91 Å². The third kappa shape index (κ3) is 3.81. The maximum Gasteiger partial charge on any atom is 0.417 e. The number of carbonyl (C=O) groups excluding carboxylic acids is 2. The Morgan fingerprint density at radius 2 is 1.54 bits per heavy atom. The average molecular weight is 393 g/mol. The fraction of sp³-hybridized carbons (Fsp3) is 0.450. The molecule has 0 spiro atoms. The summed E-state index contributed by atoms with van der Waals surface area (Å²) in [4.78, 5) is 32.3. The summed E-state index contributed by atoms with van der Waals surface area (Å²) >= 11 is 0. The number of halogens is 3. The molecule has 0 unspecified atom stereocenters. The highest BCUT2D eigenvalue weighted by Gasteiger charge is 2.39. The van der Waals surface area contributed by atoms with Crippen LogP contribution in [-0.2, 0) is 11.0 Å². The lowest BCUT2D eigenvalue weighted by Gasteiger charge is -2.37. The minimum atomic E-state index is -4.68. The molecule has 8 heteroatoms. The van der Waals surface area contributed by atoms with Gasteiger partial charge in [-0.1, -0.05) is 39.0 Å². The van der Waals surface area contributed by atoms with Crippen LogP contribution in [0.2, 0.25) is 0 Å². The topological polar surface area (TPSA) is 53.5 Å². The standard InChI is InChI=1S/C20H22F3N3O2/c1-19(2,3)18(28)26-10-8-25(9-11-26)17(27)14-12-24-15-7-5-4-6-13(15)16(14)20(21,22)23/h4-7,12H,8-11H2,1-3H3. The van der Waals surface area contributed by atoms with Crippen molar-refractivity contribution in [2.45, 2.75) is 26.9 Å². The Bertz CT molecular complexity index is 911. The van der Waals surface area contributed by atoms with Gasteiger partial charge in [-0.2, -0.15) is 13.2 Å². The molecular weight excluding hydrogens is 371 g/mol. The molecule has 0 bridgehead atoms. The molecule has 3 rings (SSSR count). The van der Waals surface area contributed by atoms with Crippen molar-refractivity contribution < 1.29 is 22.8 Å². The van der Waals surface area contributed by atoms with Crippen LogP contribution in [0.4, 0.5) is 13.2 Å². The van der Waals surface area contributed by atoms with E-state index in [1.165, 1.54) is 23.1 Å². The highest BCUT2D eigenvalue weighted by atomic mass is 19.4. The van der Waals surface area contributed by atoms with E-state index in [1.54, 1.807) is 11.0 Å². The molecule has 1 aliphatic heterocycles. The number of nitrogens with zero attached hydrogens (tertiary/aromatic N) is 3. The van der Waals surface area contributed by atoms with Crippen LogP contribution in [0.25, 0.3) is 10.9 Å². The van der Waals surface area contributed by atoms with Gasteiger partial charge in [0.15, 0.2) is 0 Å². The molecule has 2 amide bonds. The van der Waals surface area contributed by atoms with Gasteiger partial charge in [0.05, 0.1) is 16.6 Å². The Balaban J connectivity index is 1.88. The maximum atomic E-state index is 13.8. The van der Waals surface area contributed by atoms with Gasteiger partial charge in [-0.05, 0) is 6.07 Å². The maximum absolute atomic E-state index is 13.8. The van der Waals surface area contributed by atoms with Crippen LogP contribution in [0.1, 0.15) is 36.7 Å². The van der Waals surface area contributed by atoms with Crippen LogP contribution in [0, 0.1) is 5.41 Å². The quantitative estimate of drug-likeness (QED) is 0.744. The van der Waals surface area contributed by atoms with Gasteiger partial charge in [-0.3, -0.25) is 14.6 Å². The Hall–Kier alpha value is -2.64. The van der Waals surface area contributed by atoms with Crippen LogP contribution in [0.3, 0.4) is 0 Å². The lowest BCUT2D eigenvalue weighted by Crippen LogP contribution is -2.53. The molecule has 2 aromatic rings. The van der Waals surface area contributed by atoms with Gasteiger partial charge in [-0.25, -0.2) is 0 Å². The average Bonchev–Trinajstić information content (AvgIpc) is 2.64. The second kappa shape index (κ2) is 7.07. The van der Waals surface area contributed by atoms with Gasteiger partial charge in [0.1, 0.15) is 0 Å². The van der Waals surface area contributed by atoms with E-state index in [1.807, 2.05) is 20.8 Å². The van der Waals surface area contributed by atoms with E-state index in [0.717, 1.165) is 6.20 Å². The highest BCUT2D eigenvalue weighted by Crippen LogP contribution is 2.37. The fourth-order valence-electron chi connectivity index (χ4n) is 3.37. The molecule has 1 aromatic carbocycles. The summed E-state index contributed by atoms with van der Waals surface area (Å²) in [7, 11) is 0. The van der Waals surface area contributed by atoms with Crippen molar-refractivity contribution in [2.75, 3.05) is 26.2 Å². The summed E-state index contributed by atoms with van der Waals surface area (Å²) < 4.78 is 41.3. The van der Waals surface area contributed by atoms with Crippen molar-refractivity contribution in [3.63, 3.8) is 0 Å². The first-order valence-electron chi connectivity index (χ1n) is 9.04. The van der Waals surface area contributed by atoms with Gasteiger partial charge in [-0.15, -0.1) is 0 Å². The van der Waals surface area contributed by atoms with Gasteiger partial charge in [0, 0.05) is 43.2 Å². The number of benzene rings is 1. The van der Waals surface area contributed by atoms with Crippen LogP contribution < -0.4 is 0 Å². The number of pyridine rings is 1. The number of alkyl halides is 3. The molecule has 1 fully saturated rings. The van der Waals surface area contributed by atoms with Crippen molar-refractivity contribution in [3.05, 3.63) is 41.6 Å². The molecular formula is C20H22F3N3O2. The molecule has 0 saturated carbocycles. The SMILES string of the molecule is CC(C)(C)C(=O)N1CCN(C(=O)c2cnc3ccccc3c2C(F)(F)F)CC1. The lowest BCUT2D eigenvalue weighted by atomic mass is 9.94. The lowest BCUT2D eigenvalue weighted by molar-refractivity contribution is -0.140. The number of fused-ring (bicyclic) bond motifs is 1. The molecule has 5 nitrogen and oxygen atoms in total. The largest absolute Gasteiger partial charge is 0.417 e. The number of rotatable bonds is 1. The first-order valence-corrected chi connectivity index (χ1v) is 9.04. The van der Waals surface area contributed by atoms with Crippen LogP contribution in [0.15, 0.2) is 30.5 Å². The molecule has 0 aliphatic carbocycles. The third-order valence-corrected chi connectivity index (χ3v) is 4.79. The molecule has 2 heterocycles. The van der Waals surface area contributed by atoms with Gasteiger partial charge < -0.3 is 9.80 Å². The number of hydrogen-bond acceptors (Lipinski definition) is 3. The van der Waals surface area contributed by atoms with Crippen LogP contribution in [-0.4, -0.2) is 52.8 Å². The van der Waals surface area contributed by atoms with Crippen molar-refractivity contribution in [2.24, 2.45) is 5.41 Å². The predicted octanol–water partition coefficient (Wildman–Crippen LogP) is 3.58. The molecule has 150 valence electrons. The molecule has 28 heavy (non-hydrogen) atoms. The Morgan fingerprint density at radius 3 is 2.11 bits per heavy atom. The number of carbonyl (C=O) groups is 2. The summed E-state index contributed by atoms with van der Waals surface area (Å²) in [6.07, 6.45) is -3.68. The summed E-state index contributed by atoms with van der Waals surface area (Å²) in [5, 5.41) is -0.0950. The number of piperazine rings is 1. The molecule has 0 atom stereocenters. The zero-order valence-electron chi connectivity index (χ0n) is 16.0. The second-order valence-electron chi connectivity index (χ2n) is 7.90. The highest BCUT2D eigenvalue weighted by molar-refractivity contribution is 6.00. The third-order valence-electron chi connectivity index (χ3n) is 4.79. The number of para-hydroxylation sites is 1. The monoisotopic (exact) mass is 393 g/mol. The summed E-state index contributed by atoms with van der Waals surface area (Å²) in [6.45, 7) is 6.39. The molecule has 1 aromatic heterocycles. The van der Waals surface area contributed by atoms with Crippen LogP contribution >= 0.6 is 0 Å². The zero-order valence-corrected chi connectivity index (χ0v) is 16.0. The summed E-state index contributed by atoms with van der Waals surface area (Å²) in [5.74, 6) is -0.753. The van der Waals surface area contributed by atoms with E-state index in [-0.39, 0.29) is 29.9 Å². The number of hydrogen-bond donors (Lipinski definition) is 0. The smallest absolute Gasteiger partial charge is 0.339 e. The predicted molar refractivity (Wildman–Crippen MR) is 98.7 cm³/mol. The summed E-state index contributed by atoms with van der Waals surface area (Å²) in [6, 6.07) is 5.89. The van der Waals surface area contributed by atoms with Gasteiger partial charge in [0.25, 0.3) is 5.91 Å². The molecule has 1 aliphatic rings. The molecule has 0 N–H and O–H groups in total. The van der Waals surface area contributed by atoms with E-state index < -0.39 is 28.6 Å². The van der Waals surface area contributed by atoms with Crippen molar-refractivity contribution in [3.8, 4) is 0 Å². The van der Waals surface area contributed by atoms with E-state index in [0.29, 0.717) is 13.1 Å². The minimum Gasteiger partial charge on any atom is -0.339 e. The van der Waals surface area contributed by atoms with E-state index in [4.69, 9.17) is 0 Å². The first-order chi connectivity index (χ1) is 13.0. The van der Waals surface area contributed by atoms with Crippen LogP contribution in [0.5, 0.6) is 0 Å². The van der Waals surface area contributed by atoms with Crippen molar-refractivity contribution in [1.29, 1.82) is 0 Å². The molecule has 1 saturated heterocycles. The van der Waals surface area contributed by atoms with E-state index in [2.05, 4.69) is 4.98 Å². The van der Waals surface area contributed by atoms with E-state index >= 15 is 0 Å². The first kappa shape index (κ1) is 20.1. The molecule has 0 radical (unpaired) electrons. The fourth-order valence-corrected chi connectivity index (χ4v) is 3.37. The van der Waals surface area contributed by atoms with Gasteiger partial charge >= 0.3 is 6.18 Å².